The molecule has 8 nitrogen and oxygen atoms in total. The lowest BCUT2D eigenvalue weighted by atomic mass is 10.0. The van der Waals surface area contributed by atoms with Crippen LogP contribution in [0, 0.1) is 5.92 Å². The molecule has 0 aromatic rings. The molecule has 0 aliphatic rings. The number of carbonyl (C=O) groups is 2. The first-order chi connectivity index (χ1) is 12.8. The fourth-order valence-electron chi connectivity index (χ4n) is 2.71. The zero-order valence-corrected chi connectivity index (χ0v) is 20.9. The number of likely N-dealkylation sites (N-methyl/N-ethyl adjacent to an activating group) is 2. The van der Waals surface area contributed by atoms with Crippen LogP contribution in [0.2, 0.25) is 0 Å². The normalized spacial score (nSPS) is 12.1. The molecule has 0 bridgehead atoms. The molecule has 2 N–H and O–H groups in total. The quantitative estimate of drug-likeness (QED) is 0.252. The number of rotatable bonds is 11. The second-order valence-electron chi connectivity index (χ2n) is 6.81. The third-order valence-electron chi connectivity index (χ3n) is 4.00. The maximum absolute atomic E-state index is 12.4. The van der Waals surface area contributed by atoms with Gasteiger partial charge in [-0.3, -0.25) is 9.79 Å². The van der Waals surface area contributed by atoms with Crippen LogP contribution in [0.3, 0.4) is 0 Å². The van der Waals surface area contributed by atoms with Gasteiger partial charge in [-0.05, 0) is 40.0 Å². The Balaban J connectivity index is 0. The number of halogens is 1. The van der Waals surface area contributed by atoms with Crippen LogP contribution >= 0.6 is 24.0 Å². The highest BCUT2D eigenvalue weighted by Crippen LogP contribution is 2.06. The van der Waals surface area contributed by atoms with E-state index in [0.717, 1.165) is 6.42 Å². The molecule has 0 radical (unpaired) electrons. The van der Waals surface area contributed by atoms with E-state index in [-0.39, 0.29) is 42.5 Å². The SMILES string of the molecule is CCNC(=NCC(CC(C)C)NC(=O)OCC)N(C)CC(=O)N(CC)CC.I. The van der Waals surface area contributed by atoms with Crippen molar-refractivity contribution >= 4 is 41.9 Å². The highest BCUT2D eigenvalue weighted by atomic mass is 127. The predicted molar refractivity (Wildman–Crippen MR) is 125 cm³/mol. The number of aliphatic imine (C=N–C) groups is 1. The largest absolute Gasteiger partial charge is 0.450 e. The van der Waals surface area contributed by atoms with Crippen LogP contribution in [0.15, 0.2) is 4.99 Å². The van der Waals surface area contributed by atoms with Crippen molar-refractivity contribution in [1.29, 1.82) is 0 Å². The van der Waals surface area contributed by atoms with E-state index in [1.165, 1.54) is 0 Å². The van der Waals surface area contributed by atoms with Gasteiger partial charge < -0.3 is 25.2 Å². The van der Waals surface area contributed by atoms with Gasteiger partial charge in [-0.2, -0.15) is 0 Å². The number of hydrogen-bond acceptors (Lipinski definition) is 4. The predicted octanol–water partition coefficient (Wildman–Crippen LogP) is 2.53. The van der Waals surface area contributed by atoms with Crippen LogP contribution in [0.5, 0.6) is 0 Å². The minimum Gasteiger partial charge on any atom is -0.450 e. The van der Waals surface area contributed by atoms with E-state index < -0.39 is 6.09 Å². The van der Waals surface area contributed by atoms with Crippen LogP contribution in [-0.4, -0.2) is 80.2 Å². The van der Waals surface area contributed by atoms with Gasteiger partial charge in [-0.25, -0.2) is 4.79 Å². The molecule has 9 heteroatoms. The van der Waals surface area contributed by atoms with E-state index in [2.05, 4.69) is 29.5 Å². The Hall–Kier alpha value is -1.26. The number of guanidine groups is 1. The fraction of sp³-hybridized carbons (Fsp3) is 0.842. The van der Waals surface area contributed by atoms with Crippen molar-refractivity contribution in [3.05, 3.63) is 0 Å². The summed E-state index contributed by atoms with van der Waals surface area (Å²) in [4.78, 5) is 32.4. The highest BCUT2D eigenvalue weighted by Gasteiger charge is 2.17. The molecule has 28 heavy (non-hydrogen) atoms. The Morgan fingerprint density at radius 2 is 1.71 bits per heavy atom. The molecule has 0 aliphatic carbocycles. The summed E-state index contributed by atoms with van der Waals surface area (Å²) in [5.41, 5.74) is 0. The maximum atomic E-state index is 12.4. The number of nitrogens with one attached hydrogen (secondary N) is 2. The topological polar surface area (TPSA) is 86.3 Å². The average molecular weight is 513 g/mol. The van der Waals surface area contributed by atoms with Crippen molar-refractivity contribution in [2.75, 3.05) is 46.4 Å². The molecule has 2 amide bonds. The molecule has 0 aromatic carbocycles. The summed E-state index contributed by atoms with van der Waals surface area (Å²) in [5.74, 6) is 1.13. The van der Waals surface area contributed by atoms with Gasteiger partial charge in [0.05, 0.1) is 25.7 Å². The Morgan fingerprint density at radius 3 is 2.18 bits per heavy atom. The van der Waals surface area contributed by atoms with E-state index in [9.17, 15) is 9.59 Å². The van der Waals surface area contributed by atoms with Crippen molar-refractivity contribution in [3.63, 3.8) is 0 Å². The van der Waals surface area contributed by atoms with Crippen molar-refractivity contribution < 1.29 is 14.3 Å². The third-order valence-corrected chi connectivity index (χ3v) is 4.00. The lowest BCUT2D eigenvalue weighted by Crippen LogP contribution is -2.46. The van der Waals surface area contributed by atoms with E-state index in [1.807, 2.05) is 32.7 Å². The number of amides is 2. The van der Waals surface area contributed by atoms with Crippen molar-refractivity contribution in [2.24, 2.45) is 10.9 Å². The van der Waals surface area contributed by atoms with Crippen LogP contribution in [0.25, 0.3) is 0 Å². The van der Waals surface area contributed by atoms with Crippen LogP contribution in [0.1, 0.15) is 48.0 Å². The van der Waals surface area contributed by atoms with Gasteiger partial charge in [0.25, 0.3) is 0 Å². The molecule has 0 aliphatic heterocycles. The van der Waals surface area contributed by atoms with E-state index in [0.29, 0.717) is 44.7 Å². The Kier molecular flexibility index (Phi) is 17.2. The fourth-order valence-corrected chi connectivity index (χ4v) is 2.71. The molecule has 0 aromatic heterocycles. The zero-order valence-electron chi connectivity index (χ0n) is 18.6. The Morgan fingerprint density at radius 1 is 1.11 bits per heavy atom. The first-order valence-corrected chi connectivity index (χ1v) is 9.99. The van der Waals surface area contributed by atoms with Crippen molar-refractivity contribution in [1.82, 2.24) is 20.4 Å². The summed E-state index contributed by atoms with van der Waals surface area (Å²) in [6.07, 6.45) is 0.373. The molecule has 1 atom stereocenters. The molecule has 0 spiro atoms. The summed E-state index contributed by atoms with van der Waals surface area (Å²) in [6, 6.07) is -0.121. The number of carbonyl (C=O) groups excluding carboxylic acids is 2. The third kappa shape index (κ3) is 12.2. The Labute approximate surface area is 187 Å². The first-order valence-electron chi connectivity index (χ1n) is 9.99. The number of hydrogen-bond donors (Lipinski definition) is 2. The van der Waals surface area contributed by atoms with Gasteiger partial charge in [-0.15, -0.1) is 24.0 Å². The smallest absolute Gasteiger partial charge is 0.407 e. The van der Waals surface area contributed by atoms with E-state index in [1.54, 1.807) is 11.8 Å². The summed E-state index contributed by atoms with van der Waals surface area (Å²) >= 11 is 0. The van der Waals surface area contributed by atoms with Gasteiger partial charge in [0.2, 0.25) is 5.91 Å². The number of nitrogens with zero attached hydrogens (tertiary/aromatic N) is 3. The van der Waals surface area contributed by atoms with Crippen LogP contribution < -0.4 is 10.6 Å². The summed E-state index contributed by atoms with van der Waals surface area (Å²) in [6.45, 7) is 15.0. The molecule has 166 valence electrons. The summed E-state index contributed by atoms with van der Waals surface area (Å²) in [7, 11) is 1.85. The minimum absolute atomic E-state index is 0. The van der Waals surface area contributed by atoms with Crippen molar-refractivity contribution in [2.45, 2.75) is 54.0 Å². The Bertz CT molecular complexity index is 470. The summed E-state index contributed by atoms with van der Waals surface area (Å²) < 4.78 is 4.98. The average Bonchev–Trinajstić information content (AvgIpc) is 2.58. The molecule has 0 saturated heterocycles. The highest BCUT2D eigenvalue weighted by molar-refractivity contribution is 14.0. The minimum atomic E-state index is -0.423. The number of alkyl carbamates (subject to hydrolysis) is 1. The summed E-state index contributed by atoms with van der Waals surface area (Å²) in [5, 5.41) is 6.08. The lowest BCUT2D eigenvalue weighted by molar-refractivity contribution is -0.131. The standard InChI is InChI=1S/C19H39N5O3.HI/c1-8-20-18(23(7)14-17(25)24(9-2)10-3)21-13-16(12-15(5)6)22-19(26)27-11-4;/h15-16H,8-14H2,1-7H3,(H,20,21)(H,22,26);1H. The van der Waals surface area contributed by atoms with Gasteiger partial charge in [-0.1, -0.05) is 13.8 Å². The second kappa shape index (κ2) is 16.7. The van der Waals surface area contributed by atoms with Gasteiger partial charge >= 0.3 is 6.09 Å². The van der Waals surface area contributed by atoms with E-state index >= 15 is 0 Å². The first kappa shape index (κ1) is 28.9. The number of ether oxygens (including phenoxy) is 1. The molecule has 0 fully saturated rings. The monoisotopic (exact) mass is 513 g/mol. The second-order valence-corrected chi connectivity index (χ2v) is 6.81. The molecule has 0 rings (SSSR count). The van der Waals surface area contributed by atoms with Crippen LogP contribution in [0.4, 0.5) is 4.79 Å². The molecule has 0 saturated carbocycles. The van der Waals surface area contributed by atoms with Crippen LogP contribution in [-0.2, 0) is 9.53 Å². The maximum Gasteiger partial charge on any atom is 0.407 e. The lowest BCUT2D eigenvalue weighted by Gasteiger charge is -2.26. The van der Waals surface area contributed by atoms with Gasteiger partial charge in [0.1, 0.15) is 0 Å². The molecule has 0 heterocycles. The molecular weight excluding hydrogens is 473 g/mol. The van der Waals surface area contributed by atoms with Crippen molar-refractivity contribution in [3.8, 4) is 0 Å². The van der Waals surface area contributed by atoms with Gasteiger partial charge in [0, 0.05) is 26.7 Å². The molecular formula is C19H40IN5O3. The molecule has 1 unspecified atom stereocenters. The zero-order chi connectivity index (χ0) is 20.8. The van der Waals surface area contributed by atoms with E-state index in [4.69, 9.17) is 4.74 Å². The van der Waals surface area contributed by atoms with Gasteiger partial charge in [0.15, 0.2) is 5.96 Å².